The quantitative estimate of drug-likeness (QED) is 0.236. The van der Waals surface area contributed by atoms with Crippen LogP contribution in [0.5, 0.6) is 0 Å². The zero-order chi connectivity index (χ0) is 20.2. The minimum Gasteiger partial charge on any atom is -0.222 e. The average molecular weight is 441 g/mol. The van der Waals surface area contributed by atoms with E-state index >= 15 is 0 Å². The Balaban J connectivity index is 1.69. The van der Waals surface area contributed by atoms with Gasteiger partial charge in [-0.1, -0.05) is 59.2 Å². The van der Waals surface area contributed by atoms with Crippen LogP contribution >= 0.6 is 35.0 Å². The first-order valence-electron chi connectivity index (χ1n) is 8.85. The molecular formula is C23H15Cl2FN2S. The molecule has 0 bridgehead atoms. The molecule has 6 heteroatoms. The van der Waals surface area contributed by atoms with E-state index in [-0.39, 0.29) is 5.82 Å². The van der Waals surface area contributed by atoms with E-state index in [1.54, 1.807) is 12.1 Å². The first kappa shape index (κ1) is 19.9. The van der Waals surface area contributed by atoms with E-state index < -0.39 is 0 Å². The normalized spacial score (nSPS) is 10.9. The largest absolute Gasteiger partial charge is 0.222 e. The SMILES string of the molecule is Fc1ccc(-c2cc(-c3ccc(Cl)cc3)nc(SCc3ccc(Cl)cc3)n2)cc1. The van der Waals surface area contributed by atoms with Gasteiger partial charge in [0.05, 0.1) is 11.4 Å². The molecule has 4 aromatic rings. The Morgan fingerprint density at radius 3 is 1.72 bits per heavy atom. The Morgan fingerprint density at radius 1 is 0.690 bits per heavy atom. The van der Waals surface area contributed by atoms with Gasteiger partial charge in [-0.25, -0.2) is 14.4 Å². The molecule has 0 atom stereocenters. The van der Waals surface area contributed by atoms with Crippen LogP contribution in [0.3, 0.4) is 0 Å². The van der Waals surface area contributed by atoms with Crippen LogP contribution in [0.1, 0.15) is 5.56 Å². The van der Waals surface area contributed by atoms with E-state index in [9.17, 15) is 4.39 Å². The van der Waals surface area contributed by atoms with Crippen LogP contribution in [0, 0.1) is 5.82 Å². The van der Waals surface area contributed by atoms with Crippen LogP contribution < -0.4 is 0 Å². The van der Waals surface area contributed by atoms with Crippen LogP contribution in [-0.4, -0.2) is 9.97 Å². The van der Waals surface area contributed by atoms with E-state index in [4.69, 9.17) is 28.2 Å². The Morgan fingerprint density at radius 2 is 1.17 bits per heavy atom. The van der Waals surface area contributed by atoms with Gasteiger partial charge in [-0.3, -0.25) is 0 Å². The maximum Gasteiger partial charge on any atom is 0.189 e. The molecule has 1 heterocycles. The summed E-state index contributed by atoms with van der Waals surface area (Å²) in [5.41, 5.74) is 4.42. The van der Waals surface area contributed by atoms with E-state index in [1.807, 2.05) is 54.6 Å². The maximum absolute atomic E-state index is 13.3. The van der Waals surface area contributed by atoms with Crippen molar-refractivity contribution in [3.05, 3.63) is 100 Å². The molecule has 2 nitrogen and oxygen atoms in total. The molecule has 29 heavy (non-hydrogen) atoms. The summed E-state index contributed by atoms with van der Waals surface area (Å²) in [5, 5.41) is 2.02. The number of thioether (sulfide) groups is 1. The summed E-state index contributed by atoms with van der Waals surface area (Å²) in [5.74, 6) is 0.433. The molecule has 0 fully saturated rings. The number of hydrogen-bond acceptors (Lipinski definition) is 3. The van der Waals surface area contributed by atoms with Gasteiger partial charge in [0.1, 0.15) is 5.82 Å². The molecule has 0 unspecified atom stereocenters. The topological polar surface area (TPSA) is 25.8 Å². The van der Waals surface area contributed by atoms with Crippen LogP contribution in [0.25, 0.3) is 22.5 Å². The van der Waals surface area contributed by atoms with Gasteiger partial charge in [0, 0.05) is 26.9 Å². The Hall–Kier alpha value is -2.40. The van der Waals surface area contributed by atoms with E-state index in [1.165, 1.54) is 23.9 Å². The fourth-order valence-electron chi connectivity index (χ4n) is 2.76. The van der Waals surface area contributed by atoms with Gasteiger partial charge in [-0.2, -0.15) is 0 Å². The third-order valence-corrected chi connectivity index (χ3v) is 5.69. The van der Waals surface area contributed by atoms with Gasteiger partial charge in [0.2, 0.25) is 0 Å². The highest BCUT2D eigenvalue weighted by atomic mass is 35.5. The summed E-state index contributed by atoms with van der Waals surface area (Å²) in [7, 11) is 0. The zero-order valence-corrected chi connectivity index (χ0v) is 17.5. The standard InChI is InChI=1S/C23H15Cl2FN2S/c24-18-7-1-15(2-8-18)14-29-23-27-21(16-3-9-19(25)10-4-16)13-22(28-23)17-5-11-20(26)12-6-17/h1-13H,14H2. The van der Waals surface area contributed by atoms with Gasteiger partial charge in [0.25, 0.3) is 0 Å². The monoisotopic (exact) mass is 440 g/mol. The third kappa shape index (κ3) is 5.15. The summed E-state index contributed by atoms with van der Waals surface area (Å²) in [4.78, 5) is 9.40. The summed E-state index contributed by atoms with van der Waals surface area (Å²) < 4.78 is 13.3. The van der Waals surface area contributed by atoms with Crippen molar-refractivity contribution in [2.24, 2.45) is 0 Å². The first-order chi connectivity index (χ1) is 14.1. The second-order valence-electron chi connectivity index (χ2n) is 6.35. The third-order valence-electron chi connectivity index (χ3n) is 4.27. The lowest BCUT2D eigenvalue weighted by molar-refractivity contribution is 0.628. The minimum atomic E-state index is -0.280. The molecule has 0 saturated heterocycles. The Kier molecular flexibility index (Phi) is 6.14. The van der Waals surface area contributed by atoms with Gasteiger partial charge < -0.3 is 0 Å². The van der Waals surface area contributed by atoms with Crippen molar-refractivity contribution in [2.45, 2.75) is 10.9 Å². The molecule has 0 N–H and O–H groups in total. The smallest absolute Gasteiger partial charge is 0.189 e. The van der Waals surface area contributed by atoms with Crippen LogP contribution in [-0.2, 0) is 5.75 Å². The molecule has 1 aromatic heterocycles. The number of benzene rings is 3. The van der Waals surface area contributed by atoms with Crippen molar-refractivity contribution in [2.75, 3.05) is 0 Å². The number of nitrogens with zero attached hydrogens (tertiary/aromatic N) is 2. The molecule has 0 aliphatic rings. The lowest BCUT2D eigenvalue weighted by Crippen LogP contribution is -1.95. The minimum absolute atomic E-state index is 0.280. The highest BCUT2D eigenvalue weighted by molar-refractivity contribution is 7.98. The van der Waals surface area contributed by atoms with E-state index in [0.717, 1.165) is 28.1 Å². The molecule has 4 rings (SSSR count). The second-order valence-corrected chi connectivity index (χ2v) is 8.17. The number of rotatable bonds is 5. The fourth-order valence-corrected chi connectivity index (χ4v) is 3.82. The summed E-state index contributed by atoms with van der Waals surface area (Å²) >= 11 is 13.5. The van der Waals surface area contributed by atoms with Gasteiger partial charge in [-0.05, 0) is 60.2 Å². The maximum atomic E-state index is 13.3. The zero-order valence-electron chi connectivity index (χ0n) is 15.1. The van der Waals surface area contributed by atoms with Crippen molar-refractivity contribution in [1.29, 1.82) is 0 Å². The second kappa shape index (κ2) is 8.95. The molecule has 0 spiro atoms. The number of hydrogen-bond donors (Lipinski definition) is 0. The molecule has 0 amide bonds. The van der Waals surface area contributed by atoms with Crippen molar-refractivity contribution in [3.8, 4) is 22.5 Å². The molecule has 3 aromatic carbocycles. The fraction of sp³-hybridized carbons (Fsp3) is 0.0435. The lowest BCUT2D eigenvalue weighted by atomic mass is 10.1. The van der Waals surface area contributed by atoms with Crippen molar-refractivity contribution < 1.29 is 4.39 Å². The van der Waals surface area contributed by atoms with E-state index in [0.29, 0.717) is 21.0 Å². The summed E-state index contributed by atoms with van der Waals surface area (Å²) in [6.45, 7) is 0. The molecule has 0 saturated carbocycles. The number of aromatic nitrogens is 2. The summed E-state index contributed by atoms with van der Waals surface area (Å²) in [6.07, 6.45) is 0. The molecule has 144 valence electrons. The highest BCUT2D eigenvalue weighted by Crippen LogP contribution is 2.29. The summed E-state index contributed by atoms with van der Waals surface area (Å²) in [6, 6.07) is 23.4. The van der Waals surface area contributed by atoms with Crippen molar-refractivity contribution in [1.82, 2.24) is 9.97 Å². The Bertz CT molecular complexity index is 1050. The molecule has 0 radical (unpaired) electrons. The molecule has 0 aliphatic carbocycles. The van der Waals surface area contributed by atoms with E-state index in [2.05, 4.69) is 4.98 Å². The predicted molar refractivity (Wildman–Crippen MR) is 119 cm³/mol. The number of halogens is 3. The van der Waals surface area contributed by atoms with Crippen LogP contribution in [0.2, 0.25) is 10.0 Å². The van der Waals surface area contributed by atoms with Gasteiger partial charge in [0.15, 0.2) is 5.16 Å². The highest BCUT2D eigenvalue weighted by Gasteiger charge is 2.10. The predicted octanol–water partition coefficient (Wildman–Crippen LogP) is 7.55. The lowest BCUT2D eigenvalue weighted by Gasteiger charge is -2.09. The van der Waals surface area contributed by atoms with Crippen LogP contribution in [0.4, 0.5) is 4.39 Å². The molecular weight excluding hydrogens is 426 g/mol. The average Bonchev–Trinajstić information content (AvgIpc) is 2.74. The van der Waals surface area contributed by atoms with Crippen LogP contribution in [0.15, 0.2) is 84.0 Å². The first-order valence-corrected chi connectivity index (χ1v) is 10.6. The Labute approximate surface area is 182 Å². The van der Waals surface area contributed by atoms with Gasteiger partial charge in [-0.15, -0.1) is 0 Å². The van der Waals surface area contributed by atoms with Crippen molar-refractivity contribution in [3.63, 3.8) is 0 Å². The molecule has 0 aliphatic heterocycles. The van der Waals surface area contributed by atoms with Gasteiger partial charge >= 0.3 is 0 Å². The van der Waals surface area contributed by atoms with Crippen molar-refractivity contribution >= 4 is 35.0 Å².